The molecule has 1 aliphatic heterocycles. The Labute approximate surface area is 216 Å². The summed E-state index contributed by atoms with van der Waals surface area (Å²) in [6.07, 6.45) is 1.64. The number of carbonyl (C=O) groups excluding carboxylic acids is 2. The van der Waals surface area contributed by atoms with Crippen molar-refractivity contribution in [1.82, 2.24) is 4.90 Å². The average molecular weight is 604 g/mol. The van der Waals surface area contributed by atoms with E-state index in [9.17, 15) is 19.7 Å². The van der Waals surface area contributed by atoms with Gasteiger partial charge in [0.05, 0.1) is 16.4 Å². The first-order chi connectivity index (χ1) is 16.3. The molecular weight excluding hydrogens is 588 g/mol. The first kappa shape index (κ1) is 24.2. The Bertz CT molecular complexity index is 1310. The van der Waals surface area contributed by atoms with Crippen LogP contribution in [0.4, 0.5) is 10.5 Å². The number of benzene rings is 3. The number of halogens is 2. The Morgan fingerprint density at radius 1 is 1.03 bits per heavy atom. The fourth-order valence-electron chi connectivity index (χ4n) is 3.21. The Balaban J connectivity index is 1.53. The lowest BCUT2D eigenvalue weighted by molar-refractivity contribution is -0.384. The van der Waals surface area contributed by atoms with Crippen molar-refractivity contribution in [2.24, 2.45) is 0 Å². The van der Waals surface area contributed by atoms with Crippen LogP contribution in [0.15, 0.2) is 80.6 Å². The van der Waals surface area contributed by atoms with E-state index >= 15 is 0 Å². The van der Waals surface area contributed by atoms with Crippen LogP contribution in [0, 0.1) is 10.1 Å². The molecule has 3 aromatic carbocycles. The molecule has 1 aliphatic rings. The zero-order valence-electron chi connectivity index (χ0n) is 17.4. The van der Waals surface area contributed by atoms with Gasteiger partial charge in [-0.15, -0.1) is 0 Å². The van der Waals surface area contributed by atoms with Gasteiger partial charge in [-0.25, -0.2) is 0 Å². The molecule has 0 atom stereocenters. The van der Waals surface area contributed by atoms with E-state index in [1.807, 2.05) is 24.3 Å². The monoisotopic (exact) mass is 602 g/mol. The Kier molecular flexibility index (Phi) is 7.50. The molecule has 0 spiro atoms. The van der Waals surface area contributed by atoms with Gasteiger partial charge in [-0.3, -0.25) is 24.6 Å². The summed E-state index contributed by atoms with van der Waals surface area (Å²) in [5.41, 5.74) is 2.22. The number of ether oxygens (including phenoxy) is 1. The van der Waals surface area contributed by atoms with Crippen molar-refractivity contribution in [1.29, 1.82) is 0 Å². The molecule has 0 aromatic heterocycles. The van der Waals surface area contributed by atoms with Crippen LogP contribution >= 0.6 is 43.6 Å². The van der Waals surface area contributed by atoms with Crippen molar-refractivity contribution in [3.8, 4) is 5.75 Å². The molecule has 0 radical (unpaired) electrons. The predicted octanol–water partition coefficient (Wildman–Crippen LogP) is 6.94. The molecule has 0 saturated carbocycles. The highest BCUT2D eigenvalue weighted by atomic mass is 79.9. The number of nitro groups is 1. The first-order valence-corrected chi connectivity index (χ1v) is 12.4. The standard InChI is InChI=1S/C24H16Br2N2O5S/c25-18-7-10-21(33-14-15-5-8-19(9-6-15)28(31)32)17(11-18)12-22-23(29)27(24(30)34-22)13-16-3-1-2-4-20(16)26/h1-12H,13-14H2/b22-12-. The summed E-state index contributed by atoms with van der Waals surface area (Å²) in [5.74, 6) is 0.145. The minimum absolute atomic E-state index is 0.00587. The molecule has 7 nitrogen and oxygen atoms in total. The number of imide groups is 1. The molecule has 0 N–H and O–H groups in total. The summed E-state index contributed by atoms with van der Waals surface area (Å²) in [6, 6.07) is 18.9. The quantitative estimate of drug-likeness (QED) is 0.165. The third-order valence-corrected chi connectivity index (χ3v) is 7.13. The minimum Gasteiger partial charge on any atom is -0.488 e. The maximum absolute atomic E-state index is 13.0. The van der Waals surface area contributed by atoms with Crippen LogP contribution in [0.25, 0.3) is 6.08 Å². The average Bonchev–Trinajstić information content (AvgIpc) is 3.07. The Hall–Kier alpha value is -2.95. The number of nitro benzene ring substituents is 1. The van der Waals surface area contributed by atoms with Gasteiger partial charge in [0.1, 0.15) is 12.4 Å². The van der Waals surface area contributed by atoms with Crippen LogP contribution < -0.4 is 4.74 Å². The summed E-state index contributed by atoms with van der Waals surface area (Å²) < 4.78 is 7.54. The number of amides is 2. The largest absolute Gasteiger partial charge is 0.488 e. The van der Waals surface area contributed by atoms with E-state index in [0.29, 0.717) is 16.2 Å². The summed E-state index contributed by atoms with van der Waals surface area (Å²) in [5, 5.41) is 10.5. The molecule has 172 valence electrons. The van der Waals surface area contributed by atoms with E-state index in [-0.39, 0.29) is 30.0 Å². The maximum Gasteiger partial charge on any atom is 0.293 e. The van der Waals surface area contributed by atoms with Gasteiger partial charge in [0, 0.05) is 26.6 Å². The van der Waals surface area contributed by atoms with Gasteiger partial charge in [0.2, 0.25) is 0 Å². The molecule has 0 bridgehead atoms. The van der Waals surface area contributed by atoms with Crippen LogP contribution in [0.5, 0.6) is 5.75 Å². The molecule has 10 heteroatoms. The van der Waals surface area contributed by atoms with Gasteiger partial charge in [-0.1, -0.05) is 50.1 Å². The van der Waals surface area contributed by atoms with Crippen LogP contribution in [0.2, 0.25) is 0 Å². The highest BCUT2D eigenvalue weighted by Crippen LogP contribution is 2.36. The van der Waals surface area contributed by atoms with Gasteiger partial charge in [-0.05, 0) is 65.4 Å². The van der Waals surface area contributed by atoms with Gasteiger partial charge in [0.15, 0.2) is 0 Å². The summed E-state index contributed by atoms with van der Waals surface area (Å²) in [6.45, 7) is 0.357. The molecular formula is C24H16Br2N2O5S. The predicted molar refractivity (Wildman–Crippen MR) is 137 cm³/mol. The molecule has 1 saturated heterocycles. The maximum atomic E-state index is 13.0. The third-order valence-electron chi connectivity index (χ3n) is 4.96. The summed E-state index contributed by atoms with van der Waals surface area (Å²) in [7, 11) is 0. The van der Waals surface area contributed by atoms with Crippen LogP contribution in [-0.2, 0) is 17.9 Å². The van der Waals surface area contributed by atoms with Crippen LogP contribution in [0.3, 0.4) is 0 Å². The first-order valence-electron chi connectivity index (χ1n) is 9.96. The van der Waals surface area contributed by atoms with Crippen molar-refractivity contribution in [2.75, 3.05) is 0 Å². The van der Waals surface area contributed by atoms with E-state index in [2.05, 4.69) is 31.9 Å². The smallest absolute Gasteiger partial charge is 0.293 e. The lowest BCUT2D eigenvalue weighted by atomic mass is 10.1. The zero-order valence-corrected chi connectivity index (χ0v) is 21.4. The lowest BCUT2D eigenvalue weighted by Gasteiger charge is -2.13. The van der Waals surface area contributed by atoms with Crippen molar-refractivity contribution < 1.29 is 19.2 Å². The van der Waals surface area contributed by atoms with Crippen molar-refractivity contribution in [3.05, 3.63) is 107 Å². The number of hydrogen-bond acceptors (Lipinski definition) is 6. The second kappa shape index (κ2) is 10.5. The lowest BCUT2D eigenvalue weighted by Crippen LogP contribution is -2.27. The highest BCUT2D eigenvalue weighted by molar-refractivity contribution is 9.10. The molecule has 1 fully saturated rings. The Morgan fingerprint density at radius 2 is 1.76 bits per heavy atom. The van der Waals surface area contributed by atoms with E-state index in [1.54, 1.807) is 36.4 Å². The fourth-order valence-corrected chi connectivity index (χ4v) is 4.83. The van der Waals surface area contributed by atoms with Gasteiger partial charge in [-0.2, -0.15) is 0 Å². The molecule has 0 aliphatic carbocycles. The molecule has 4 rings (SSSR count). The van der Waals surface area contributed by atoms with Crippen molar-refractivity contribution in [3.63, 3.8) is 0 Å². The normalized spacial score (nSPS) is 14.6. The number of carbonyl (C=O) groups is 2. The van der Waals surface area contributed by atoms with Gasteiger partial charge < -0.3 is 4.74 Å². The van der Waals surface area contributed by atoms with Crippen molar-refractivity contribution in [2.45, 2.75) is 13.2 Å². The van der Waals surface area contributed by atoms with Crippen LogP contribution in [0.1, 0.15) is 16.7 Å². The number of nitrogens with zero attached hydrogens (tertiary/aromatic N) is 2. The van der Waals surface area contributed by atoms with E-state index in [1.165, 1.54) is 17.0 Å². The molecule has 3 aromatic rings. The molecule has 2 amide bonds. The molecule has 0 unspecified atom stereocenters. The SMILES string of the molecule is O=C1S/C(=C\c2cc(Br)ccc2OCc2ccc([N+](=O)[O-])cc2)C(=O)N1Cc1ccccc1Br. The fraction of sp³-hybridized carbons (Fsp3) is 0.0833. The highest BCUT2D eigenvalue weighted by Gasteiger charge is 2.35. The number of rotatable bonds is 7. The van der Waals surface area contributed by atoms with E-state index in [4.69, 9.17) is 4.74 Å². The van der Waals surface area contributed by atoms with E-state index in [0.717, 1.165) is 31.8 Å². The van der Waals surface area contributed by atoms with Gasteiger partial charge >= 0.3 is 0 Å². The zero-order chi connectivity index (χ0) is 24.2. The second-order valence-electron chi connectivity index (χ2n) is 7.25. The summed E-state index contributed by atoms with van der Waals surface area (Å²) in [4.78, 5) is 37.4. The molecule has 1 heterocycles. The number of non-ortho nitro benzene ring substituents is 1. The second-order valence-corrected chi connectivity index (χ2v) is 10.0. The number of hydrogen-bond donors (Lipinski definition) is 0. The number of thioether (sulfide) groups is 1. The van der Waals surface area contributed by atoms with Crippen molar-refractivity contribution >= 4 is 66.5 Å². The topological polar surface area (TPSA) is 89.7 Å². The van der Waals surface area contributed by atoms with Crippen LogP contribution in [-0.4, -0.2) is 21.0 Å². The third kappa shape index (κ3) is 5.57. The van der Waals surface area contributed by atoms with E-state index < -0.39 is 4.92 Å². The minimum atomic E-state index is -0.457. The summed E-state index contributed by atoms with van der Waals surface area (Å²) >= 11 is 7.77. The Morgan fingerprint density at radius 3 is 2.47 bits per heavy atom. The molecule has 34 heavy (non-hydrogen) atoms. The van der Waals surface area contributed by atoms with Gasteiger partial charge in [0.25, 0.3) is 16.8 Å².